The summed E-state index contributed by atoms with van der Waals surface area (Å²) in [5.41, 5.74) is -2.31. The van der Waals surface area contributed by atoms with Crippen molar-refractivity contribution in [1.82, 2.24) is 9.80 Å². The summed E-state index contributed by atoms with van der Waals surface area (Å²) in [7, 11) is 3.47. The van der Waals surface area contributed by atoms with Crippen LogP contribution in [-0.4, -0.2) is 101 Å². The van der Waals surface area contributed by atoms with Crippen LogP contribution in [0.5, 0.6) is 5.75 Å². The molecule has 2 aliphatic heterocycles. The standard InChI is InChI=1S/C21H30N2O6.CH2O2/c1-22-10-7-21(28,8-11-22)18(25)23-9-6-17(24)20(14-23,19(26)27)13-15-4-3-5-16(12-15)29-2;2-1-3/h3-5,12,17,24,28H,6-11,13-14H2,1-2H3,(H,26,27);1H,(H,2,3)/t17-,20-;/m1./s1. The summed E-state index contributed by atoms with van der Waals surface area (Å²) in [6.45, 7) is 1.04. The Labute approximate surface area is 187 Å². The van der Waals surface area contributed by atoms with Gasteiger partial charge in [-0.25, -0.2) is 0 Å². The minimum atomic E-state index is -1.54. The zero-order valence-electron chi connectivity index (χ0n) is 18.4. The lowest BCUT2D eigenvalue weighted by atomic mass is 9.72. The van der Waals surface area contributed by atoms with Gasteiger partial charge >= 0.3 is 5.97 Å². The van der Waals surface area contributed by atoms with Crippen LogP contribution in [0.2, 0.25) is 0 Å². The SMILES string of the molecule is COc1cccc(C[C@@]2(C(=O)O)CN(C(=O)C3(O)CCN(C)CC3)CC[C@H]2O)c1.O=CO. The van der Waals surface area contributed by atoms with Crippen LogP contribution in [0.1, 0.15) is 24.8 Å². The number of likely N-dealkylation sites (tertiary alicyclic amines) is 2. The molecule has 10 heteroatoms. The van der Waals surface area contributed by atoms with E-state index in [-0.39, 0.29) is 32.4 Å². The van der Waals surface area contributed by atoms with E-state index in [1.807, 2.05) is 11.9 Å². The first-order chi connectivity index (χ1) is 15.1. The summed E-state index contributed by atoms with van der Waals surface area (Å²) in [6.07, 6.45) is -0.249. The monoisotopic (exact) mass is 452 g/mol. The first-order valence-corrected chi connectivity index (χ1v) is 10.4. The van der Waals surface area contributed by atoms with Crippen molar-refractivity contribution < 1.29 is 39.5 Å². The molecule has 4 N–H and O–H groups in total. The second-order valence-corrected chi connectivity index (χ2v) is 8.46. The lowest BCUT2D eigenvalue weighted by Gasteiger charge is -2.46. The Kier molecular flexibility index (Phi) is 8.59. The Morgan fingerprint density at radius 1 is 1.25 bits per heavy atom. The van der Waals surface area contributed by atoms with Crippen molar-refractivity contribution in [1.29, 1.82) is 0 Å². The highest BCUT2D eigenvalue weighted by atomic mass is 16.5. The van der Waals surface area contributed by atoms with Gasteiger partial charge in [0.15, 0.2) is 0 Å². The number of piperidine rings is 2. The van der Waals surface area contributed by atoms with Gasteiger partial charge in [-0.3, -0.25) is 14.4 Å². The summed E-state index contributed by atoms with van der Waals surface area (Å²) >= 11 is 0. The van der Waals surface area contributed by atoms with Gasteiger partial charge in [0, 0.05) is 26.2 Å². The van der Waals surface area contributed by atoms with E-state index in [2.05, 4.69) is 0 Å². The van der Waals surface area contributed by atoms with Crippen molar-refractivity contribution in [2.24, 2.45) is 5.41 Å². The third-order valence-corrected chi connectivity index (χ3v) is 6.36. The van der Waals surface area contributed by atoms with Crippen LogP contribution in [0.15, 0.2) is 24.3 Å². The molecule has 2 atom stereocenters. The van der Waals surface area contributed by atoms with Gasteiger partial charge in [0.1, 0.15) is 16.8 Å². The van der Waals surface area contributed by atoms with E-state index in [0.29, 0.717) is 37.2 Å². The maximum Gasteiger partial charge on any atom is 0.314 e. The number of benzene rings is 1. The highest BCUT2D eigenvalue weighted by Gasteiger charge is 2.52. The average molecular weight is 453 g/mol. The average Bonchev–Trinajstić information content (AvgIpc) is 2.77. The van der Waals surface area contributed by atoms with E-state index in [9.17, 15) is 24.9 Å². The number of carboxylic acid groups (broad SMARTS) is 2. The minimum absolute atomic E-state index is 0.0612. The molecule has 0 radical (unpaired) electrons. The number of carbonyl (C=O) groups is 3. The fourth-order valence-electron chi connectivity index (χ4n) is 4.36. The quantitative estimate of drug-likeness (QED) is 0.455. The number of carbonyl (C=O) groups excluding carboxylic acids is 1. The minimum Gasteiger partial charge on any atom is -0.497 e. The Hall–Kier alpha value is -2.69. The number of amides is 1. The number of nitrogens with zero attached hydrogens (tertiary/aromatic N) is 2. The molecule has 3 rings (SSSR count). The van der Waals surface area contributed by atoms with Crippen LogP contribution in [-0.2, 0) is 20.8 Å². The van der Waals surface area contributed by atoms with E-state index in [0.717, 1.165) is 0 Å². The molecular formula is C22H32N2O8. The smallest absolute Gasteiger partial charge is 0.314 e. The van der Waals surface area contributed by atoms with Gasteiger partial charge in [-0.15, -0.1) is 0 Å². The number of carboxylic acids is 1. The molecule has 0 aromatic heterocycles. The molecule has 2 fully saturated rings. The summed E-state index contributed by atoms with van der Waals surface area (Å²) in [5.74, 6) is -0.989. The normalized spacial score (nSPS) is 25.2. The first kappa shape index (κ1) is 25.6. The molecule has 1 aromatic rings. The molecule has 2 saturated heterocycles. The van der Waals surface area contributed by atoms with Crippen LogP contribution < -0.4 is 4.74 Å². The van der Waals surface area contributed by atoms with Gasteiger partial charge in [0.05, 0.1) is 13.2 Å². The fraction of sp³-hybridized carbons (Fsp3) is 0.591. The van der Waals surface area contributed by atoms with Gasteiger partial charge in [-0.1, -0.05) is 12.1 Å². The third kappa shape index (κ3) is 5.56. The van der Waals surface area contributed by atoms with Crippen LogP contribution in [0.3, 0.4) is 0 Å². The van der Waals surface area contributed by atoms with Crippen LogP contribution in [0.4, 0.5) is 0 Å². The topological polar surface area (TPSA) is 148 Å². The molecule has 0 unspecified atom stereocenters. The van der Waals surface area contributed by atoms with E-state index >= 15 is 0 Å². The highest BCUT2D eigenvalue weighted by Crippen LogP contribution is 2.37. The number of hydrogen-bond donors (Lipinski definition) is 4. The third-order valence-electron chi connectivity index (χ3n) is 6.36. The van der Waals surface area contributed by atoms with Gasteiger partial charge in [0.25, 0.3) is 12.4 Å². The number of aliphatic hydroxyl groups excluding tert-OH is 1. The number of aliphatic hydroxyl groups is 2. The molecule has 2 heterocycles. The number of hydrogen-bond acceptors (Lipinski definition) is 7. The van der Waals surface area contributed by atoms with Crippen molar-refractivity contribution in [3.8, 4) is 5.75 Å². The molecule has 10 nitrogen and oxygen atoms in total. The lowest BCUT2D eigenvalue weighted by Crippen LogP contribution is -2.62. The second-order valence-electron chi connectivity index (χ2n) is 8.46. The Balaban J connectivity index is 0.00000114. The second kappa shape index (κ2) is 10.8. The zero-order valence-corrected chi connectivity index (χ0v) is 18.4. The molecule has 178 valence electrons. The predicted molar refractivity (Wildman–Crippen MR) is 114 cm³/mol. The molecule has 0 bridgehead atoms. The summed E-state index contributed by atoms with van der Waals surface area (Å²) in [4.78, 5) is 37.3. The largest absolute Gasteiger partial charge is 0.497 e. The highest BCUT2D eigenvalue weighted by molar-refractivity contribution is 5.86. The van der Waals surface area contributed by atoms with Crippen molar-refractivity contribution in [2.45, 2.75) is 37.4 Å². The zero-order chi connectivity index (χ0) is 23.9. The molecule has 0 spiro atoms. The van der Waals surface area contributed by atoms with Gasteiger partial charge in [-0.05, 0) is 50.4 Å². The summed E-state index contributed by atoms with van der Waals surface area (Å²) in [6, 6.07) is 7.05. The Bertz CT molecular complexity index is 809. The number of aliphatic carboxylic acids is 1. The molecule has 1 aromatic carbocycles. The van der Waals surface area contributed by atoms with E-state index < -0.39 is 29.0 Å². The maximum atomic E-state index is 13.1. The summed E-state index contributed by atoms with van der Waals surface area (Å²) < 4.78 is 5.21. The Morgan fingerprint density at radius 3 is 2.44 bits per heavy atom. The molecule has 0 saturated carbocycles. The number of ether oxygens (including phenoxy) is 1. The van der Waals surface area contributed by atoms with Crippen LogP contribution in [0.25, 0.3) is 0 Å². The van der Waals surface area contributed by atoms with E-state index in [4.69, 9.17) is 14.6 Å². The van der Waals surface area contributed by atoms with Crippen LogP contribution in [0, 0.1) is 5.41 Å². The number of rotatable bonds is 5. The molecular weight excluding hydrogens is 420 g/mol. The maximum absolute atomic E-state index is 13.1. The molecule has 32 heavy (non-hydrogen) atoms. The lowest BCUT2D eigenvalue weighted by molar-refractivity contribution is -0.173. The van der Waals surface area contributed by atoms with Crippen LogP contribution >= 0.6 is 0 Å². The Morgan fingerprint density at radius 2 is 1.88 bits per heavy atom. The van der Waals surface area contributed by atoms with E-state index in [1.54, 1.807) is 24.3 Å². The van der Waals surface area contributed by atoms with Crippen molar-refractivity contribution in [3.63, 3.8) is 0 Å². The first-order valence-electron chi connectivity index (χ1n) is 10.4. The molecule has 0 aliphatic carbocycles. The van der Waals surface area contributed by atoms with Gasteiger partial charge in [0.2, 0.25) is 0 Å². The fourth-order valence-corrected chi connectivity index (χ4v) is 4.36. The van der Waals surface area contributed by atoms with E-state index in [1.165, 1.54) is 12.0 Å². The predicted octanol–water partition coefficient (Wildman–Crippen LogP) is 0.0594. The summed E-state index contributed by atoms with van der Waals surface area (Å²) in [5, 5.41) is 38.5. The molecule has 1 amide bonds. The van der Waals surface area contributed by atoms with Gasteiger partial charge in [-0.2, -0.15) is 0 Å². The van der Waals surface area contributed by atoms with Gasteiger partial charge < -0.3 is 35.0 Å². The van der Waals surface area contributed by atoms with Crippen molar-refractivity contribution in [2.75, 3.05) is 40.3 Å². The van der Waals surface area contributed by atoms with Crippen molar-refractivity contribution >= 4 is 18.3 Å². The number of methoxy groups -OCH3 is 1. The molecule has 2 aliphatic rings. The van der Waals surface area contributed by atoms with Crippen molar-refractivity contribution in [3.05, 3.63) is 29.8 Å².